The first-order chi connectivity index (χ1) is 11.0. The van der Waals surface area contributed by atoms with Gasteiger partial charge in [0.05, 0.1) is 5.69 Å². The van der Waals surface area contributed by atoms with E-state index in [0.29, 0.717) is 5.92 Å². The van der Waals surface area contributed by atoms with Crippen molar-refractivity contribution >= 4 is 23.1 Å². The van der Waals surface area contributed by atoms with Crippen LogP contribution in [0.15, 0.2) is 30.3 Å². The van der Waals surface area contributed by atoms with Crippen molar-refractivity contribution in [1.82, 2.24) is 14.6 Å². The molecule has 0 atom stereocenters. The first kappa shape index (κ1) is 15.8. The quantitative estimate of drug-likeness (QED) is 0.752. The van der Waals surface area contributed by atoms with Crippen LogP contribution in [0.3, 0.4) is 0 Å². The van der Waals surface area contributed by atoms with E-state index in [2.05, 4.69) is 24.3 Å². The number of aryl methyl sites for hydroxylation is 2. The van der Waals surface area contributed by atoms with Gasteiger partial charge in [-0.1, -0.05) is 37.6 Å². The number of fused-ring (bicyclic) bond motifs is 1. The zero-order chi connectivity index (χ0) is 16.6. The van der Waals surface area contributed by atoms with Crippen LogP contribution >= 0.6 is 11.6 Å². The lowest BCUT2D eigenvalue weighted by Gasteiger charge is -2.11. The molecule has 1 aromatic carbocycles. The van der Waals surface area contributed by atoms with Gasteiger partial charge in [0.15, 0.2) is 5.65 Å². The first-order valence-electron chi connectivity index (χ1n) is 7.82. The third-order valence-corrected chi connectivity index (χ3v) is 3.97. The molecule has 0 spiro atoms. The molecule has 3 rings (SSSR count). The summed E-state index contributed by atoms with van der Waals surface area (Å²) in [7, 11) is 0. The SMILES string of the molecule is Cc1cc(NCC(C)C)n2nc(C)c(-c3ccc(Cl)cc3)c2n1. The molecular formula is C18H21ClN4. The molecular weight excluding hydrogens is 308 g/mol. The monoisotopic (exact) mass is 328 g/mol. The number of nitrogens with one attached hydrogen (secondary N) is 1. The number of hydrogen-bond donors (Lipinski definition) is 1. The van der Waals surface area contributed by atoms with E-state index < -0.39 is 0 Å². The van der Waals surface area contributed by atoms with Gasteiger partial charge in [-0.2, -0.15) is 9.61 Å². The van der Waals surface area contributed by atoms with Crippen molar-refractivity contribution in [3.8, 4) is 11.1 Å². The molecule has 120 valence electrons. The van der Waals surface area contributed by atoms with Gasteiger partial charge < -0.3 is 5.32 Å². The van der Waals surface area contributed by atoms with Crippen molar-refractivity contribution in [2.24, 2.45) is 5.92 Å². The van der Waals surface area contributed by atoms with Crippen LogP contribution in [-0.4, -0.2) is 21.1 Å². The fourth-order valence-corrected chi connectivity index (χ4v) is 2.76. The van der Waals surface area contributed by atoms with E-state index in [9.17, 15) is 0 Å². The number of anilines is 1. The minimum absolute atomic E-state index is 0.561. The predicted molar refractivity (Wildman–Crippen MR) is 96.2 cm³/mol. The normalized spacial score (nSPS) is 11.4. The molecule has 0 unspecified atom stereocenters. The minimum Gasteiger partial charge on any atom is -0.370 e. The van der Waals surface area contributed by atoms with Crippen molar-refractivity contribution in [2.75, 3.05) is 11.9 Å². The molecule has 0 amide bonds. The lowest BCUT2D eigenvalue weighted by Crippen LogP contribution is -2.12. The average Bonchev–Trinajstić information content (AvgIpc) is 2.82. The van der Waals surface area contributed by atoms with Crippen molar-refractivity contribution in [2.45, 2.75) is 27.7 Å². The van der Waals surface area contributed by atoms with Crippen molar-refractivity contribution < 1.29 is 0 Å². The highest BCUT2D eigenvalue weighted by atomic mass is 35.5. The number of nitrogens with zero attached hydrogens (tertiary/aromatic N) is 3. The molecule has 0 aliphatic rings. The van der Waals surface area contributed by atoms with Gasteiger partial charge in [-0.05, 0) is 37.5 Å². The topological polar surface area (TPSA) is 42.2 Å². The van der Waals surface area contributed by atoms with Gasteiger partial charge in [0.25, 0.3) is 0 Å². The molecule has 0 saturated heterocycles. The Hall–Kier alpha value is -2.07. The van der Waals surface area contributed by atoms with Crippen LogP contribution in [0.1, 0.15) is 25.2 Å². The van der Waals surface area contributed by atoms with Gasteiger partial charge in [0, 0.05) is 28.9 Å². The van der Waals surface area contributed by atoms with Crippen LogP contribution in [0.2, 0.25) is 5.02 Å². The second-order valence-corrected chi connectivity index (χ2v) is 6.70. The molecule has 5 heteroatoms. The van der Waals surface area contributed by atoms with Crippen LogP contribution in [0.25, 0.3) is 16.8 Å². The zero-order valence-corrected chi connectivity index (χ0v) is 14.6. The maximum Gasteiger partial charge on any atom is 0.165 e. The molecule has 0 bridgehead atoms. The molecule has 2 heterocycles. The summed E-state index contributed by atoms with van der Waals surface area (Å²) >= 11 is 6.01. The van der Waals surface area contributed by atoms with Crippen molar-refractivity contribution in [1.29, 1.82) is 0 Å². The number of rotatable bonds is 4. The molecule has 0 fully saturated rings. The first-order valence-corrected chi connectivity index (χ1v) is 8.20. The highest BCUT2D eigenvalue weighted by Crippen LogP contribution is 2.30. The van der Waals surface area contributed by atoms with Crippen molar-refractivity contribution in [3.63, 3.8) is 0 Å². The summed E-state index contributed by atoms with van der Waals surface area (Å²) < 4.78 is 1.90. The zero-order valence-electron chi connectivity index (χ0n) is 13.9. The molecule has 23 heavy (non-hydrogen) atoms. The summed E-state index contributed by atoms with van der Waals surface area (Å²) in [6, 6.07) is 9.85. The standard InChI is InChI=1S/C18H21ClN4/c1-11(2)10-20-16-9-12(3)21-18-17(13(4)22-23(16)18)14-5-7-15(19)8-6-14/h5-9,11,20H,10H2,1-4H3. The molecule has 3 aromatic rings. The highest BCUT2D eigenvalue weighted by Gasteiger charge is 2.16. The Kier molecular flexibility index (Phi) is 4.26. The number of hydrogen-bond acceptors (Lipinski definition) is 3. The third-order valence-electron chi connectivity index (χ3n) is 3.72. The van der Waals surface area contributed by atoms with Gasteiger partial charge >= 0.3 is 0 Å². The molecule has 4 nitrogen and oxygen atoms in total. The van der Waals surface area contributed by atoms with E-state index in [-0.39, 0.29) is 0 Å². The van der Waals surface area contributed by atoms with Crippen LogP contribution in [-0.2, 0) is 0 Å². The van der Waals surface area contributed by atoms with Crippen LogP contribution in [0.4, 0.5) is 5.82 Å². The molecule has 0 aliphatic heterocycles. The number of aromatic nitrogens is 3. The smallest absolute Gasteiger partial charge is 0.165 e. The second kappa shape index (κ2) is 6.20. The van der Waals surface area contributed by atoms with E-state index >= 15 is 0 Å². The Balaban J connectivity index is 2.16. The fourth-order valence-electron chi connectivity index (χ4n) is 2.63. The summed E-state index contributed by atoms with van der Waals surface area (Å²) in [5.74, 6) is 1.54. The summed E-state index contributed by atoms with van der Waals surface area (Å²) in [6.07, 6.45) is 0. The molecule has 1 N–H and O–H groups in total. The number of benzene rings is 1. The van der Waals surface area contributed by atoms with E-state index in [1.54, 1.807) is 0 Å². The number of halogens is 1. The Bertz CT molecular complexity index is 834. The minimum atomic E-state index is 0.561. The Morgan fingerprint density at radius 2 is 1.87 bits per heavy atom. The van der Waals surface area contributed by atoms with Crippen LogP contribution < -0.4 is 5.32 Å². The Morgan fingerprint density at radius 1 is 1.17 bits per heavy atom. The van der Waals surface area contributed by atoms with Gasteiger partial charge in [0.1, 0.15) is 5.82 Å². The second-order valence-electron chi connectivity index (χ2n) is 6.26. The third kappa shape index (κ3) is 3.17. The largest absolute Gasteiger partial charge is 0.370 e. The van der Waals surface area contributed by atoms with Gasteiger partial charge in [-0.25, -0.2) is 4.98 Å². The molecule has 0 aliphatic carbocycles. The summed E-state index contributed by atoms with van der Waals surface area (Å²) in [6.45, 7) is 9.29. The Labute approximate surface area is 141 Å². The Morgan fingerprint density at radius 3 is 2.52 bits per heavy atom. The van der Waals surface area contributed by atoms with Crippen LogP contribution in [0.5, 0.6) is 0 Å². The molecule has 2 aromatic heterocycles. The van der Waals surface area contributed by atoms with E-state index in [1.165, 1.54) is 0 Å². The van der Waals surface area contributed by atoms with Crippen LogP contribution in [0, 0.1) is 19.8 Å². The molecule has 0 radical (unpaired) electrons. The van der Waals surface area contributed by atoms with Gasteiger partial charge in [-0.3, -0.25) is 0 Å². The average molecular weight is 329 g/mol. The summed E-state index contributed by atoms with van der Waals surface area (Å²) in [5.41, 5.74) is 4.93. The maximum atomic E-state index is 6.01. The van der Waals surface area contributed by atoms with Gasteiger partial charge in [0.2, 0.25) is 0 Å². The summed E-state index contributed by atoms with van der Waals surface area (Å²) in [5, 5.41) is 8.89. The van der Waals surface area contributed by atoms with E-state index in [4.69, 9.17) is 16.6 Å². The maximum absolute atomic E-state index is 6.01. The lowest BCUT2D eigenvalue weighted by atomic mass is 10.1. The highest BCUT2D eigenvalue weighted by molar-refractivity contribution is 6.30. The predicted octanol–water partition coefficient (Wildman–Crippen LogP) is 4.73. The van der Waals surface area contributed by atoms with E-state index in [1.807, 2.05) is 48.7 Å². The molecule has 0 saturated carbocycles. The lowest BCUT2D eigenvalue weighted by molar-refractivity contribution is 0.683. The van der Waals surface area contributed by atoms with Crippen molar-refractivity contribution in [3.05, 3.63) is 46.7 Å². The summed E-state index contributed by atoms with van der Waals surface area (Å²) in [4.78, 5) is 4.71. The van der Waals surface area contributed by atoms with Gasteiger partial charge in [-0.15, -0.1) is 0 Å². The fraction of sp³-hybridized carbons (Fsp3) is 0.333. The van der Waals surface area contributed by atoms with E-state index in [0.717, 1.165) is 45.5 Å².